The van der Waals surface area contributed by atoms with E-state index in [2.05, 4.69) is 25.4 Å². The fourth-order valence-corrected chi connectivity index (χ4v) is 3.60. The molecule has 0 spiro atoms. The first kappa shape index (κ1) is 19.2. The second kappa shape index (κ2) is 7.81. The molecule has 2 aromatic carbocycles. The molecule has 0 aliphatic carbocycles. The predicted octanol–water partition coefficient (Wildman–Crippen LogP) is 4.54. The van der Waals surface area contributed by atoms with Gasteiger partial charge in [0.05, 0.1) is 17.3 Å². The second-order valence-corrected chi connectivity index (χ2v) is 7.45. The molecule has 0 fully saturated rings. The van der Waals surface area contributed by atoms with Gasteiger partial charge in [0.1, 0.15) is 29.8 Å². The highest BCUT2D eigenvalue weighted by molar-refractivity contribution is 6.30. The molecule has 5 rings (SSSR count). The molecule has 0 aliphatic rings. The Hall–Kier alpha value is -3.78. The topological polar surface area (TPSA) is 73.5 Å². The number of nitrogens with one attached hydrogen (secondary N) is 1. The van der Waals surface area contributed by atoms with Gasteiger partial charge in [0.2, 0.25) is 0 Å². The molecule has 5 aromatic rings. The fourth-order valence-electron chi connectivity index (χ4n) is 3.47. The average Bonchev–Trinajstić information content (AvgIpc) is 3.40. The quantitative estimate of drug-likeness (QED) is 0.440. The maximum absolute atomic E-state index is 13.3. The van der Waals surface area contributed by atoms with Gasteiger partial charge >= 0.3 is 0 Å². The smallest absolute Gasteiger partial charge is 0.168 e. The van der Waals surface area contributed by atoms with Crippen LogP contribution in [0.2, 0.25) is 5.02 Å². The molecule has 0 saturated carbocycles. The Kier molecular flexibility index (Phi) is 4.83. The zero-order valence-corrected chi connectivity index (χ0v) is 17.2. The highest BCUT2D eigenvalue weighted by atomic mass is 35.5. The minimum Gasteiger partial charge on any atom is -0.356 e. The Morgan fingerprint density at radius 2 is 1.77 bits per heavy atom. The van der Waals surface area contributed by atoms with Gasteiger partial charge in [0.25, 0.3) is 0 Å². The molecule has 0 aliphatic heterocycles. The lowest BCUT2D eigenvalue weighted by Crippen LogP contribution is -2.17. The van der Waals surface area contributed by atoms with E-state index in [-0.39, 0.29) is 11.9 Å². The number of imidazole rings is 1. The minimum atomic E-state index is -0.307. The van der Waals surface area contributed by atoms with E-state index in [9.17, 15) is 4.39 Å². The fraction of sp³-hybridized carbons (Fsp3) is 0.0909. The van der Waals surface area contributed by atoms with Gasteiger partial charge in [-0.1, -0.05) is 23.7 Å². The van der Waals surface area contributed by atoms with E-state index < -0.39 is 0 Å². The Morgan fingerprint density at radius 1 is 1.00 bits per heavy atom. The SMILES string of the molecule is Cn1ccnc1[C@H](Nc1ncnc2c1cnn2-c1ccc(F)cc1)c1ccc(Cl)cc1. The first-order chi connectivity index (χ1) is 15.1. The molecule has 9 heteroatoms. The average molecular weight is 434 g/mol. The van der Waals surface area contributed by atoms with Crippen LogP contribution in [0.25, 0.3) is 16.7 Å². The summed E-state index contributed by atoms with van der Waals surface area (Å²) in [7, 11) is 1.94. The summed E-state index contributed by atoms with van der Waals surface area (Å²) in [4.78, 5) is 13.4. The molecule has 0 bridgehead atoms. The number of hydrogen-bond acceptors (Lipinski definition) is 5. The van der Waals surface area contributed by atoms with Crippen molar-refractivity contribution >= 4 is 28.5 Å². The van der Waals surface area contributed by atoms with Crippen LogP contribution in [-0.2, 0) is 7.05 Å². The van der Waals surface area contributed by atoms with Gasteiger partial charge in [-0.3, -0.25) is 0 Å². The molecule has 1 atom stereocenters. The number of rotatable bonds is 5. The van der Waals surface area contributed by atoms with Crippen molar-refractivity contribution in [2.45, 2.75) is 6.04 Å². The number of halogens is 2. The lowest BCUT2D eigenvalue weighted by molar-refractivity contribution is 0.627. The molecule has 7 nitrogen and oxygen atoms in total. The van der Waals surface area contributed by atoms with E-state index in [0.29, 0.717) is 22.2 Å². The number of nitrogens with zero attached hydrogens (tertiary/aromatic N) is 6. The third-order valence-corrected chi connectivity index (χ3v) is 5.29. The Bertz CT molecular complexity index is 1340. The largest absolute Gasteiger partial charge is 0.356 e. The number of fused-ring (bicyclic) bond motifs is 1. The lowest BCUT2D eigenvalue weighted by Gasteiger charge is -2.20. The van der Waals surface area contributed by atoms with Gasteiger partial charge in [-0.2, -0.15) is 5.10 Å². The summed E-state index contributed by atoms with van der Waals surface area (Å²) in [6.45, 7) is 0. The summed E-state index contributed by atoms with van der Waals surface area (Å²) in [6.07, 6.45) is 6.81. The predicted molar refractivity (Wildman–Crippen MR) is 117 cm³/mol. The minimum absolute atomic E-state index is 0.274. The third-order valence-electron chi connectivity index (χ3n) is 5.04. The maximum Gasteiger partial charge on any atom is 0.168 e. The van der Waals surface area contributed by atoms with Crippen molar-refractivity contribution in [3.8, 4) is 5.69 Å². The first-order valence-corrected chi connectivity index (χ1v) is 9.92. The van der Waals surface area contributed by atoms with Gasteiger partial charge in [-0.25, -0.2) is 24.0 Å². The van der Waals surface area contributed by atoms with Crippen LogP contribution in [-0.4, -0.2) is 29.3 Å². The third kappa shape index (κ3) is 3.62. The van der Waals surface area contributed by atoms with Crippen LogP contribution in [0.3, 0.4) is 0 Å². The zero-order valence-electron chi connectivity index (χ0n) is 16.4. The van der Waals surface area contributed by atoms with E-state index in [0.717, 1.165) is 16.8 Å². The number of benzene rings is 2. The molecule has 31 heavy (non-hydrogen) atoms. The van der Waals surface area contributed by atoms with E-state index >= 15 is 0 Å². The number of hydrogen-bond donors (Lipinski definition) is 1. The first-order valence-electron chi connectivity index (χ1n) is 9.54. The molecule has 0 amide bonds. The van der Waals surface area contributed by atoms with E-state index in [1.165, 1.54) is 18.5 Å². The van der Waals surface area contributed by atoms with Crippen molar-refractivity contribution in [1.29, 1.82) is 0 Å². The van der Waals surface area contributed by atoms with Crippen molar-refractivity contribution in [3.63, 3.8) is 0 Å². The van der Waals surface area contributed by atoms with Crippen LogP contribution in [0, 0.1) is 5.82 Å². The molecule has 0 unspecified atom stereocenters. The molecule has 3 heterocycles. The van der Waals surface area contributed by atoms with Crippen LogP contribution in [0.15, 0.2) is 73.4 Å². The summed E-state index contributed by atoms with van der Waals surface area (Å²) < 4.78 is 16.9. The van der Waals surface area contributed by atoms with Crippen molar-refractivity contribution in [3.05, 3.63) is 95.7 Å². The molecule has 1 N–H and O–H groups in total. The summed E-state index contributed by atoms with van der Waals surface area (Å²) in [6, 6.07) is 13.4. The number of aryl methyl sites for hydroxylation is 1. The van der Waals surface area contributed by atoms with Gasteiger partial charge in [-0.15, -0.1) is 0 Å². The summed E-state index contributed by atoms with van der Waals surface area (Å²) in [5.41, 5.74) is 2.30. The molecule has 0 radical (unpaired) electrons. The zero-order chi connectivity index (χ0) is 21.4. The van der Waals surface area contributed by atoms with Crippen LogP contribution in [0.1, 0.15) is 17.4 Å². The molecular weight excluding hydrogens is 417 g/mol. The van der Waals surface area contributed by atoms with Gasteiger partial charge < -0.3 is 9.88 Å². The Morgan fingerprint density at radius 3 is 2.48 bits per heavy atom. The van der Waals surface area contributed by atoms with Crippen molar-refractivity contribution in [1.82, 2.24) is 29.3 Å². The normalized spacial score (nSPS) is 12.2. The highest BCUT2D eigenvalue weighted by Crippen LogP contribution is 2.29. The molecule has 0 saturated heterocycles. The molecule has 3 aromatic heterocycles. The van der Waals surface area contributed by atoms with Gasteiger partial charge in [0.15, 0.2) is 5.65 Å². The van der Waals surface area contributed by atoms with Crippen molar-refractivity contribution in [2.75, 3.05) is 5.32 Å². The van der Waals surface area contributed by atoms with E-state index in [1.54, 1.807) is 29.2 Å². The highest BCUT2D eigenvalue weighted by Gasteiger charge is 2.21. The van der Waals surface area contributed by atoms with Crippen molar-refractivity contribution < 1.29 is 4.39 Å². The van der Waals surface area contributed by atoms with E-state index in [4.69, 9.17) is 11.6 Å². The van der Waals surface area contributed by atoms with Gasteiger partial charge in [0, 0.05) is 24.5 Å². The summed E-state index contributed by atoms with van der Waals surface area (Å²) in [5, 5.41) is 9.32. The standard InChI is InChI=1S/C22H17ClFN7/c1-30-11-10-25-22(30)19(14-2-4-15(23)5-3-14)29-20-18-12-28-31(21(18)27-13-26-20)17-8-6-16(24)7-9-17/h2-13,19H,1H3,(H,26,27,29)/t19-/m1/s1. The Balaban J connectivity index is 1.58. The maximum atomic E-state index is 13.3. The van der Waals surface area contributed by atoms with Crippen LogP contribution in [0.4, 0.5) is 10.2 Å². The molecule has 154 valence electrons. The Labute approximate surface area is 182 Å². The van der Waals surface area contributed by atoms with Gasteiger partial charge in [-0.05, 0) is 42.0 Å². The number of aromatic nitrogens is 6. The summed E-state index contributed by atoms with van der Waals surface area (Å²) >= 11 is 6.09. The lowest BCUT2D eigenvalue weighted by atomic mass is 10.1. The second-order valence-electron chi connectivity index (χ2n) is 7.02. The van der Waals surface area contributed by atoms with E-state index in [1.807, 2.05) is 42.1 Å². The molecular formula is C22H17ClFN7. The number of anilines is 1. The van der Waals surface area contributed by atoms with Crippen LogP contribution < -0.4 is 5.32 Å². The summed E-state index contributed by atoms with van der Waals surface area (Å²) in [5.74, 6) is 1.12. The van der Waals surface area contributed by atoms with Crippen molar-refractivity contribution in [2.24, 2.45) is 7.05 Å². The monoisotopic (exact) mass is 433 g/mol. The van der Waals surface area contributed by atoms with Crippen LogP contribution >= 0.6 is 11.6 Å². The van der Waals surface area contributed by atoms with Crippen LogP contribution in [0.5, 0.6) is 0 Å².